The molecule has 0 bridgehead atoms. The molecular formula is C15H27NO11. The number of nitrogens with one attached hydrogen (secondary N) is 1. The van der Waals surface area contributed by atoms with Crippen LogP contribution in [0.1, 0.15) is 6.92 Å². The maximum atomic E-state index is 11.4. The van der Waals surface area contributed by atoms with Crippen molar-refractivity contribution >= 4 is 5.91 Å². The molecule has 0 aromatic heterocycles. The first-order valence-corrected chi connectivity index (χ1v) is 8.45. The molecule has 7 N–H and O–H groups in total. The maximum Gasteiger partial charge on any atom is 0.217 e. The lowest BCUT2D eigenvalue weighted by Crippen LogP contribution is -2.67. The number of hydrogen-bond acceptors (Lipinski definition) is 11. The summed E-state index contributed by atoms with van der Waals surface area (Å²) in [6.45, 7) is -0.0188. The Morgan fingerprint density at radius 3 is 2.04 bits per heavy atom. The van der Waals surface area contributed by atoms with Crippen LogP contribution in [0.25, 0.3) is 0 Å². The second kappa shape index (κ2) is 9.52. The number of rotatable bonds is 6. The second-order valence-electron chi connectivity index (χ2n) is 6.48. The van der Waals surface area contributed by atoms with E-state index in [0.29, 0.717) is 0 Å². The van der Waals surface area contributed by atoms with E-state index in [2.05, 4.69) is 5.32 Å². The van der Waals surface area contributed by atoms with E-state index in [1.54, 1.807) is 0 Å². The fraction of sp³-hybridized carbons (Fsp3) is 0.933. The van der Waals surface area contributed by atoms with Gasteiger partial charge in [0.25, 0.3) is 0 Å². The zero-order valence-corrected chi connectivity index (χ0v) is 14.9. The second-order valence-corrected chi connectivity index (χ2v) is 6.48. The van der Waals surface area contributed by atoms with E-state index in [1.165, 1.54) is 14.0 Å². The van der Waals surface area contributed by atoms with Crippen molar-refractivity contribution in [2.75, 3.05) is 20.3 Å². The molecule has 2 fully saturated rings. The molecular weight excluding hydrogens is 370 g/mol. The summed E-state index contributed by atoms with van der Waals surface area (Å²) in [7, 11) is 1.29. The van der Waals surface area contributed by atoms with Crippen LogP contribution in [0, 0.1) is 0 Å². The molecule has 12 nitrogen and oxygen atoms in total. The van der Waals surface area contributed by atoms with Crippen LogP contribution in [0.3, 0.4) is 0 Å². The van der Waals surface area contributed by atoms with Crippen LogP contribution in [-0.4, -0.2) is 118 Å². The third-order valence-electron chi connectivity index (χ3n) is 4.59. The maximum absolute atomic E-state index is 11.4. The van der Waals surface area contributed by atoms with Crippen LogP contribution in [0.5, 0.6) is 0 Å². The van der Waals surface area contributed by atoms with Gasteiger partial charge in [-0.05, 0) is 0 Å². The smallest absolute Gasteiger partial charge is 0.217 e. The molecule has 12 heteroatoms. The van der Waals surface area contributed by atoms with E-state index in [4.69, 9.17) is 18.9 Å². The van der Waals surface area contributed by atoms with Crippen LogP contribution in [0.4, 0.5) is 0 Å². The van der Waals surface area contributed by atoms with Gasteiger partial charge in [-0.25, -0.2) is 0 Å². The zero-order chi connectivity index (χ0) is 20.3. The summed E-state index contributed by atoms with van der Waals surface area (Å²) in [6.07, 6.45) is -12.6. The SMILES string of the molecule is CO[C@@H]1O[C@H](CO)[C@@H](O[C@@H]2O[C@H](CO)[C@H](O)[C@@H](O)[C@@H]2O)[C@H](O)[C@H]1NC(C)=O. The lowest BCUT2D eigenvalue weighted by atomic mass is 9.95. The highest BCUT2D eigenvalue weighted by atomic mass is 16.7. The largest absolute Gasteiger partial charge is 0.394 e. The summed E-state index contributed by atoms with van der Waals surface area (Å²) < 4.78 is 21.3. The van der Waals surface area contributed by atoms with Gasteiger partial charge in [0.2, 0.25) is 5.91 Å². The Morgan fingerprint density at radius 2 is 1.52 bits per heavy atom. The highest BCUT2D eigenvalue weighted by Gasteiger charge is 2.51. The third-order valence-corrected chi connectivity index (χ3v) is 4.59. The number of carbonyl (C=O) groups excluding carboxylic acids is 1. The first kappa shape index (κ1) is 22.4. The van der Waals surface area contributed by atoms with Gasteiger partial charge in [-0.2, -0.15) is 0 Å². The van der Waals surface area contributed by atoms with Gasteiger partial charge in [0.05, 0.1) is 13.2 Å². The summed E-state index contributed by atoms with van der Waals surface area (Å²) in [5.74, 6) is -0.473. The van der Waals surface area contributed by atoms with E-state index >= 15 is 0 Å². The molecule has 0 saturated carbocycles. The summed E-state index contributed by atoms with van der Waals surface area (Å²) in [5.41, 5.74) is 0. The van der Waals surface area contributed by atoms with Crippen molar-refractivity contribution in [3.8, 4) is 0 Å². The Balaban J connectivity index is 2.19. The van der Waals surface area contributed by atoms with E-state index in [-0.39, 0.29) is 0 Å². The lowest BCUT2D eigenvalue weighted by molar-refractivity contribution is -0.346. The average molecular weight is 397 g/mol. The van der Waals surface area contributed by atoms with Gasteiger partial charge in [0.1, 0.15) is 48.8 Å². The Hall–Kier alpha value is -0.930. The van der Waals surface area contributed by atoms with E-state index < -0.39 is 80.5 Å². The van der Waals surface area contributed by atoms with Gasteiger partial charge in [-0.1, -0.05) is 0 Å². The highest BCUT2D eigenvalue weighted by molar-refractivity contribution is 5.73. The van der Waals surface area contributed by atoms with Crippen LogP contribution in [0.15, 0.2) is 0 Å². The number of amides is 1. The summed E-state index contributed by atoms with van der Waals surface area (Å²) in [4.78, 5) is 11.4. The predicted octanol–water partition coefficient (Wildman–Crippen LogP) is -4.60. The number of hydrogen-bond donors (Lipinski definition) is 7. The number of ether oxygens (including phenoxy) is 4. The number of aliphatic hydroxyl groups excluding tert-OH is 6. The van der Waals surface area contributed by atoms with Crippen molar-refractivity contribution in [2.24, 2.45) is 0 Å². The molecule has 2 heterocycles. The topological polar surface area (TPSA) is 187 Å². The minimum Gasteiger partial charge on any atom is -0.394 e. The molecule has 0 aromatic rings. The minimum absolute atomic E-state index is 0.473. The van der Waals surface area contributed by atoms with Crippen LogP contribution in [0.2, 0.25) is 0 Å². The fourth-order valence-corrected chi connectivity index (χ4v) is 3.16. The van der Waals surface area contributed by atoms with Gasteiger partial charge < -0.3 is 54.9 Å². The van der Waals surface area contributed by atoms with Crippen molar-refractivity contribution in [2.45, 2.75) is 68.3 Å². The van der Waals surface area contributed by atoms with E-state index in [9.17, 15) is 35.4 Å². The van der Waals surface area contributed by atoms with Gasteiger partial charge in [0, 0.05) is 14.0 Å². The molecule has 0 aromatic carbocycles. The lowest BCUT2D eigenvalue weighted by Gasteiger charge is -2.46. The summed E-state index contributed by atoms with van der Waals surface area (Å²) >= 11 is 0. The van der Waals surface area contributed by atoms with Crippen molar-refractivity contribution in [3.05, 3.63) is 0 Å². The van der Waals surface area contributed by atoms with Gasteiger partial charge in [-0.3, -0.25) is 4.79 Å². The Bertz CT molecular complexity index is 492. The molecule has 2 aliphatic rings. The Labute approximate surface area is 155 Å². The van der Waals surface area contributed by atoms with E-state index in [0.717, 1.165) is 0 Å². The van der Waals surface area contributed by atoms with Crippen molar-refractivity contribution < 1.29 is 54.4 Å². The molecule has 0 spiro atoms. The molecule has 27 heavy (non-hydrogen) atoms. The Kier molecular flexibility index (Phi) is 7.88. The van der Waals surface area contributed by atoms with Crippen molar-refractivity contribution in [1.29, 1.82) is 0 Å². The molecule has 158 valence electrons. The monoisotopic (exact) mass is 397 g/mol. The molecule has 1 amide bonds. The van der Waals surface area contributed by atoms with Crippen LogP contribution < -0.4 is 5.32 Å². The van der Waals surface area contributed by atoms with Crippen LogP contribution in [-0.2, 0) is 23.7 Å². The molecule has 2 rings (SSSR count). The van der Waals surface area contributed by atoms with E-state index in [1.807, 2.05) is 0 Å². The number of aliphatic hydroxyl groups is 6. The van der Waals surface area contributed by atoms with Gasteiger partial charge >= 0.3 is 0 Å². The fourth-order valence-electron chi connectivity index (χ4n) is 3.16. The zero-order valence-electron chi connectivity index (χ0n) is 14.9. The standard InChI is InChI=1S/C15H27NO11/c1-5(19)16-8-10(21)13(7(4-18)26-14(8)24-2)27-15-12(23)11(22)9(20)6(3-17)25-15/h6-15,17-18,20-23H,3-4H2,1-2H3,(H,16,19)/t6-,7-,8-,9+,10-,11-,12+,13-,14-,15+/m1/s1. The third kappa shape index (κ3) is 4.74. The molecule has 2 saturated heterocycles. The normalized spacial score (nSPS) is 45.5. The predicted molar refractivity (Wildman–Crippen MR) is 85.0 cm³/mol. The molecule has 2 aliphatic heterocycles. The molecule has 0 aliphatic carbocycles. The molecule has 10 atom stereocenters. The highest BCUT2D eigenvalue weighted by Crippen LogP contribution is 2.29. The quantitative estimate of drug-likeness (QED) is 0.228. The van der Waals surface area contributed by atoms with Crippen molar-refractivity contribution in [1.82, 2.24) is 5.32 Å². The first-order valence-electron chi connectivity index (χ1n) is 8.45. The van der Waals surface area contributed by atoms with Gasteiger partial charge in [0.15, 0.2) is 12.6 Å². The molecule has 0 radical (unpaired) electrons. The summed E-state index contributed by atoms with van der Waals surface area (Å²) in [5, 5.41) is 61.6. The Morgan fingerprint density at radius 1 is 0.926 bits per heavy atom. The number of carbonyl (C=O) groups is 1. The average Bonchev–Trinajstić information content (AvgIpc) is 2.64. The first-order chi connectivity index (χ1) is 12.7. The molecule has 0 unspecified atom stereocenters. The summed E-state index contributed by atoms with van der Waals surface area (Å²) in [6, 6.07) is -1.05. The van der Waals surface area contributed by atoms with Crippen molar-refractivity contribution in [3.63, 3.8) is 0 Å². The van der Waals surface area contributed by atoms with Crippen LogP contribution >= 0.6 is 0 Å². The minimum atomic E-state index is -1.70. The number of methoxy groups -OCH3 is 1. The van der Waals surface area contributed by atoms with Gasteiger partial charge in [-0.15, -0.1) is 0 Å².